The number of thiazole rings is 1. The van der Waals surface area contributed by atoms with E-state index in [1.54, 1.807) is 23.6 Å². The predicted molar refractivity (Wildman–Crippen MR) is 109 cm³/mol. The molecule has 1 aliphatic carbocycles. The summed E-state index contributed by atoms with van der Waals surface area (Å²) in [7, 11) is 0. The van der Waals surface area contributed by atoms with Crippen molar-refractivity contribution in [3.63, 3.8) is 0 Å². The predicted octanol–water partition coefficient (Wildman–Crippen LogP) is 5.13. The quantitative estimate of drug-likeness (QED) is 0.640. The second-order valence-electron chi connectivity index (χ2n) is 6.90. The Morgan fingerprint density at radius 1 is 1.31 bits per heavy atom. The Kier molecular flexibility index (Phi) is 6.40. The molecule has 1 fully saturated rings. The van der Waals surface area contributed by atoms with Crippen molar-refractivity contribution in [2.75, 3.05) is 11.4 Å². The van der Waals surface area contributed by atoms with E-state index < -0.39 is 0 Å². The summed E-state index contributed by atoms with van der Waals surface area (Å²) in [5.41, 5.74) is 3.45. The van der Waals surface area contributed by atoms with Gasteiger partial charge in [0.05, 0.1) is 11.4 Å². The lowest BCUT2D eigenvalue weighted by Gasteiger charge is -2.26. The van der Waals surface area contributed by atoms with Crippen molar-refractivity contribution >= 4 is 34.1 Å². The summed E-state index contributed by atoms with van der Waals surface area (Å²) >= 11 is 3.30. The number of aryl methyl sites for hydroxylation is 1. The lowest BCUT2D eigenvalue weighted by atomic mass is 9.95. The van der Waals surface area contributed by atoms with Gasteiger partial charge in [-0.2, -0.15) is 0 Å². The maximum Gasteiger partial charge on any atom is 0.225 e. The summed E-state index contributed by atoms with van der Waals surface area (Å²) in [6.07, 6.45) is 6.51. The van der Waals surface area contributed by atoms with Crippen molar-refractivity contribution in [3.05, 3.63) is 22.5 Å². The van der Waals surface area contributed by atoms with E-state index in [0.717, 1.165) is 27.4 Å². The molecule has 0 radical (unpaired) electrons. The van der Waals surface area contributed by atoms with Gasteiger partial charge in [-0.25, -0.2) is 9.97 Å². The van der Waals surface area contributed by atoms with E-state index in [1.165, 1.54) is 49.1 Å². The van der Waals surface area contributed by atoms with E-state index in [2.05, 4.69) is 28.8 Å². The number of hydrogen-bond donors (Lipinski definition) is 0. The highest BCUT2D eigenvalue weighted by Crippen LogP contribution is 2.35. The standard InChI is InChI=1S/C19H28N4OS2/c1-5-22(15(4)24)18-21-16(11-25-18)12-26-19-20-13(2)14(3)23(19)17-9-7-6-8-10-17/h11,17H,5-10,12H2,1-4H3. The maximum atomic E-state index is 11.7. The molecule has 0 saturated heterocycles. The molecule has 0 aromatic carbocycles. The Morgan fingerprint density at radius 2 is 2.04 bits per heavy atom. The van der Waals surface area contributed by atoms with Crippen LogP contribution in [0.25, 0.3) is 0 Å². The lowest BCUT2D eigenvalue weighted by Crippen LogP contribution is -2.27. The van der Waals surface area contributed by atoms with E-state index >= 15 is 0 Å². The van der Waals surface area contributed by atoms with E-state index in [4.69, 9.17) is 4.98 Å². The van der Waals surface area contributed by atoms with Gasteiger partial charge >= 0.3 is 0 Å². The highest BCUT2D eigenvalue weighted by atomic mass is 32.2. The minimum atomic E-state index is 0.0418. The molecule has 1 amide bonds. The molecular weight excluding hydrogens is 364 g/mol. The second kappa shape index (κ2) is 8.57. The number of aromatic nitrogens is 3. The summed E-state index contributed by atoms with van der Waals surface area (Å²) in [5, 5.41) is 3.96. The number of thioether (sulfide) groups is 1. The van der Waals surface area contributed by atoms with Crippen LogP contribution >= 0.6 is 23.1 Å². The molecule has 0 atom stereocenters. The molecule has 0 N–H and O–H groups in total. The van der Waals surface area contributed by atoms with Gasteiger partial charge in [0, 0.05) is 36.3 Å². The van der Waals surface area contributed by atoms with Gasteiger partial charge in [-0.3, -0.25) is 9.69 Å². The summed E-state index contributed by atoms with van der Waals surface area (Å²) in [6.45, 7) is 8.51. The first kappa shape index (κ1) is 19.4. The van der Waals surface area contributed by atoms with Gasteiger partial charge in [0.25, 0.3) is 0 Å². The number of amides is 1. The summed E-state index contributed by atoms with van der Waals surface area (Å²) in [4.78, 5) is 22.9. The Labute approximate surface area is 164 Å². The van der Waals surface area contributed by atoms with Crippen LogP contribution < -0.4 is 4.90 Å². The molecule has 0 bridgehead atoms. The van der Waals surface area contributed by atoms with E-state index in [0.29, 0.717) is 12.6 Å². The van der Waals surface area contributed by atoms with Gasteiger partial charge < -0.3 is 4.57 Å². The SMILES string of the molecule is CCN(C(C)=O)c1nc(CSc2nc(C)c(C)n2C2CCCCC2)cs1. The zero-order chi connectivity index (χ0) is 18.7. The molecule has 26 heavy (non-hydrogen) atoms. The smallest absolute Gasteiger partial charge is 0.225 e. The minimum absolute atomic E-state index is 0.0418. The molecule has 5 nitrogen and oxygen atoms in total. The van der Waals surface area contributed by atoms with Crippen LogP contribution in [-0.2, 0) is 10.5 Å². The van der Waals surface area contributed by atoms with Gasteiger partial charge in [0.15, 0.2) is 10.3 Å². The molecule has 2 heterocycles. The van der Waals surface area contributed by atoms with E-state index in [9.17, 15) is 4.79 Å². The third-order valence-electron chi connectivity index (χ3n) is 5.11. The summed E-state index contributed by atoms with van der Waals surface area (Å²) in [6, 6.07) is 0.590. The maximum absolute atomic E-state index is 11.7. The molecule has 2 aromatic rings. The van der Waals surface area contributed by atoms with E-state index in [-0.39, 0.29) is 5.91 Å². The fourth-order valence-electron chi connectivity index (χ4n) is 3.58. The molecule has 0 unspecified atom stereocenters. The first-order valence-corrected chi connectivity index (χ1v) is 11.3. The van der Waals surface area contributed by atoms with Crippen molar-refractivity contribution in [1.29, 1.82) is 0 Å². The van der Waals surface area contributed by atoms with Crippen LogP contribution in [-0.4, -0.2) is 27.0 Å². The number of carbonyl (C=O) groups is 1. The van der Waals surface area contributed by atoms with Gasteiger partial charge in [0.1, 0.15) is 0 Å². The monoisotopic (exact) mass is 392 g/mol. The number of rotatable bonds is 6. The minimum Gasteiger partial charge on any atom is -0.320 e. The number of imidazole rings is 1. The number of hydrogen-bond acceptors (Lipinski definition) is 5. The average Bonchev–Trinajstić information content (AvgIpc) is 3.19. The summed E-state index contributed by atoms with van der Waals surface area (Å²) in [5.74, 6) is 0.828. The number of carbonyl (C=O) groups excluding carboxylic acids is 1. The van der Waals surface area contributed by atoms with Crippen LogP contribution in [0.2, 0.25) is 0 Å². The Balaban J connectivity index is 1.73. The Bertz CT molecular complexity index is 762. The molecule has 3 rings (SSSR count). The Hall–Kier alpha value is -1.34. The van der Waals surface area contributed by atoms with Crippen LogP contribution in [0.4, 0.5) is 5.13 Å². The van der Waals surface area contributed by atoms with E-state index in [1.807, 2.05) is 6.92 Å². The second-order valence-corrected chi connectivity index (χ2v) is 8.68. The third-order valence-corrected chi connectivity index (χ3v) is 7.01. The van der Waals surface area contributed by atoms with Crippen LogP contribution in [0.1, 0.15) is 69.1 Å². The molecule has 0 aliphatic heterocycles. The fourth-order valence-corrected chi connectivity index (χ4v) is 5.67. The zero-order valence-electron chi connectivity index (χ0n) is 16.1. The topological polar surface area (TPSA) is 51.0 Å². The molecule has 1 aliphatic rings. The average molecular weight is 393 g/mol. The molecule has 7 heteroatoms. The van der Waals surface area contributed by atoms with Crippen molar-refractivity contribution in [1.82, 2.24) is 14.5 Å². The molecule has 2 aromatic heterocycles. The number of anilines is 1. The fraction of sp³-hybridized carbons (Fsp3) is 0.632. The van der Waals surface area contributed by atoms with Crippen LogP contribution in [0.5, 0.6) is 0 Å². The summed E-state index contributed by atoms with van der Waals surface area (Å²) < 4.78 is 2.46. The highest BCUT2D eigenvalue weighted by molar-refractivity contribution is 7.98. The highest BCUT2D eigenvalue weighted by Gasteiger charge is 2.22. The molecule has 142 valence electrons. The first-order valence-electron chi connectivity index (χ1n) is 9.42. The van der Waals surface area contributed by atoms with Crippen LogP contribution in [0.15, 0.2) is 10.5 Å². The van der Waals surface area contributed by atoms with Crippen LogP contribution in [0, 0.1) is 13.8 Å². The largest absolute Gasteiger partial charge is 0.320 e. The van der Waals surface area contributed by atoms with Crippen molar-refractivity contribution in [2.45, 2.75) is 76.8 Å². The molecule has 0 spiro atoms. The normalized spacial score (nSPS) is 15.4. The molecular formula is C19H28N4OS2. The van der Waals surface area contributed by atoms with Crippen molar-refractivity contribution < 1.29 is 4.79 Å². The first-order chi connectivity index (χ1) is 12.5. The van der Waals surface area contributed by atoms with Crippen LogP contribution in [0.3, 0.4) is 0 Å². The molecule has 1 saturated carbocycles. The van der Waals surface area contributed by atoms with Crippen molar-refractivity contribution in [3.8, 4) is 0 Å². The lowest BCUT2D eigenvalue weighted by molar-refractivity contribution is -0.116. The van der Waals surface area contributed by atoms with Gasteiger partial charge in [0.2, 0.25) is 5.91 Å². The third kappa shape index (κ3) is 4.14. The van der Waals surface area contributed by atoms with Gasteiger partial charge in [-0.15, -0.1) is 11.3 Å². The van der Waals surface area contributed by atoms with Gasteiger partial charge in [-0.05, 0) is 33.6 Å². The Morgan fingerprint density at radius 3 is 2.69 bits per heavy atom. The van der Waals surface area contributed by atoms with Crippen molar-refractivity contribution in [2.24, 2.45) is 0 Å². The van der Waals surface area contributed by atoms with Gasteiger partial charge in [-0.1, -0.05) is 31.0 Å². The zero-order valence-corrected chi connectivity index (χ0v) is 17.8. The number of nitrogens with zero attached hydrogens (tertiary/aromatic N) is 4.